The fourth-order valence-corrected chi connectivity index (χ4v) is 2.09. The van der Waals surface area contributed by atoms with Crippen molar-refractivity contribution in [3.63, 3.8) is 0 Å². The van der Waals surface area contributed by atoms with Gasteiger partial charge < -0.3 is 10.0 Å². The summed E-state index contributed by atoms with van der Waals surface area (Å²) >= 11 is 0. The maximum Gasteiger partial charge on any atom is 0.153 e. The van der Waals surface area contributed by atoms with Gasteiger partial charge in [-0.05, 0) is 31.1 Å². The van der Waals surface area contributed by atoms with Crippen LogP contribution < -0.4 is 0 Å². The lowest BCUT2D eigenvalue weighted by molar-refractivity contribution is -0.104. The molecule has 0 aromatic rings. The second kappa shape index (κ2) is 8.57. The van der Waals surface area contributed by atoms with E-state index in [4.69, 9.17) is 0 Å². The summed E-state index contributed by atoms with van der Waals surface area (Å²) in [5.74, 6) is 0.0900. The highest BCUT2D eigenvalue weighted by atomic mass is 16.3. The van der Waals surface area contributed by atoms with Gasteiger partial charge >= 0.3 is 0 Å². The van der Waals surface area contributed by atoms with E-state index in [-0.39, 0.29) is 5.76 Å². The van der Waals surface area contributed by atoms with Crippen LogP contribution in [0.2, 0.25) is 0 Å². The molecule has 0 atom stereocenters. The quantitative estimate of drug-likeness (QED) is 0.678. The van der Waals surface area contributed by atoms with E-state index in [0.29, 0.717) is 18.3 Å². The lowest BCUT2D eigenvalue weighted by Gasteiger charge is -2.26. The molecule has 0 amide bonds. The first-order valence-corrected chi connectivity index (χ1v) is 7.23. The van der Waals surface area contributed by atoms with Crippen molar-refractivity contribution in [1.29, 1.82) is 0 Å². The average molecular weight is 263 g/mol. The molecule has 3 nitrogen and oxygen atoms in total. The maximum absolute atomic E-state index is 10.8. The number of hydrogen-bond acceptors (Lipinski definition) is 3. The molecule has 19 heavy (non-hydrogen) atoms. The average Bonchev–Trinajstić information content (AvgIpc) is 2.61. The van der Waals surface area contributed by atoms with E-state index >= 15 is 0 Å². The molecule has 1 N–H and O–H groups in total. The van der Waals surface area contributed by atoms with Gasteiger partial charge in [-0.1, -0.05) is 26.7 Å². The van der Waals surface area contributed by atoms with Crippen molar-refractivity contribution < 1.29 is 9.90 Å². The molecule has 0 bridgehead atoms. The van der Waals surface area contributed by atoms with Crippen molar-refractivity contribution in [3.8, 4) is 0 Å². The van der Waals surface area contributed by atoms with E-state index in [9.17, 15) is 9.90 Å². The smallest absolute Gasteiger partial charge is 0.153 e. The Morgan fingerprint density at radius 3 is 2.37 bits per heavy atom. The van der Waals surface area contributed by atoms with Crippen LogP contribution in [0.4, 0.5) is 0 Å². The van der Waals surface area contributed by atoms with Gasteiger partial charge in [-0.15, -0.1) is 0 Å². The van der Waals surface area contributed by atoms with E-state index in [2.05, 4.69) is 18.7 Å². The lowest BCUT2D eigenvalue weighted by atomic mass is 10.2. The predicted octanol–water partition coefficient (Wildman–Crippen LogP) is 3.74. The zero-order chi connectivity index (χ0) is 14.1. The number of rotatable bonds is 8. The molecule has 0 aliphatic heterocycles. The molecule has 0 unspecified atom stereocenters. The van der Waals surface area contributed by atoms with E-state index < -0.39 is 0 Å². The molecule has 0 saturated heterocycles. The van der Waals surface area contributed by atoms with E-state index in [0.717, 1.165) is 13.1 Å². The van der Waals surface area contributed by atoms with Crippen LogP contribution in [0.3, 0.4) is 0 Å². The first-order valence-electron chi connectivity index (χ1n) is 7.23. The van der Waals surface area contributed by atoms with Crippen molar-refractivity contribution in [2.45, 2.75) is 46.0 Å². The highest BCUT2D eigenvalue weighted by Gasteiger charge is 2.11. The fourth-order valence-electron chi connectivity index (χ4n) is 2.09. The van der Waals surface area contributed by atoms with Gasteiger partial charge in [-0.2, -0.15) is 0 Å². The van der Waals surface area contributed by atoms with Crippen LogP contribution in [0.15, 0.2) is 35.3 Å². The number of aliphatic hydroxyl groups excluding tert-OH is 1. The number of allylic oxidation sites excluding steroid dienone is 4. The Labute approximate surface area is 116 Å². The number of aldehydes is 1. The Morgan fingerprint density at radius 1 is 1.21 bits per heavy atom. The number of nitrogens with zero attached hydrogens (tertiary/aromatic N) is 1. The highest BCUT2D eigenvalue weighted by Crippen LogP contribution is 2.19. The number of aliphatic hydroxyl groups is 1. The van der Waals surface area contributed by atoms with Crippen LogP contribution in [-0.2, 0) is 4.79 Å². The van der Waals surface area contributed by atoms with Crippen LogP contribution in [0.5, 0.6) is 0 Å². The second-order valence-corrected chi connectivity index (χ2v) is 4.89. The standard InChI is InChI=1S/C16H25NO2/c1-3-5-11-17(12-6-4-2)15-8-7-14(13-18)16(19)10-9-15/h7-8,10,13,19H,3-6,9,11-12H2,1-2H3. The first-order chi connectivity index (χ1) is 9.22. The number of hydrogen-bond donors (Lipinski definition) is 1. The molecule has 0 fully saturated rings. The zero-order valence-electron chi connectivity index (χ0n) is 12.1. The zero-order valence-corrected chi connectivity index (χ0v) is 12.1. The van der Waals surface area contributed by atoms with Gasteiger partial charge in [0, 0.05) is 25.2 Å². The highest BCUT2D eigenvalue weighted by molar-refractivity contribution is 5.79. The first kappa shape index (κ1) is 15.5. The molecular formula is C16H25NO2. The minimum atomic E-state index is 0.0900. The molecule has 0 spiro atoms. The van der Waals surface area contributed by atoms with Gasteiger partial charge in [0.25, 0.3) is 0 Å². The topological polar surface area (TPSA) is 40.5 Å². The minimum Gasteiger partial charge on any atom is -0.508 e. The largest absolute Gasteiger partial charge is 0.508 e. The van der Waals surface area contributed by atoms with Crippen molar-refractivity contribution in [3.05, 3.63) is 35.3 Å². The molecule has 0 heterocycles. The summed E-state index contributed by atoms with van der Waals surface area (Å²) in [5, 5.41) is 9.71. The molecule has 0 radical (unpaired) electrons. The van der Waals surface area contributed by atoms with E-state index in [1.54, 1.807) is 12.2 Å². The fraction of sp³-hybridized carbons (Fsp3) is 0.562. The van der Waals surface area contributed by atoms with Gasteiger partial charge in [0.15, 0.2) is 6.29 Å². The van der Waals surface area contributed by atoms with Crippen molar-refractivity contribution in [2.24, 2.45) is 0 Å². The van der Waals surface area contributed by atoms with Gasteiger partial charge in [0.2, 0.25) is 0 Å². The Balaban J connectivity index is 2.80. The van der Waals surface area contributed by atoms with Crippen molar-refractivity contribution in [2.75, 3.05) is 13.1 Å². The summed E-state index contributed by atoms with van der Waals surface area (Å²) in [6.45, 7) is 6.47. The molecule has 1 rings (SSSR count). The third-order valence-electron chi connectivity index (χ3n) is 3.35. The van der Waals surface area contributed by atoms with Crippen LogP contribution in [0.1, 0.15) is 46.0 Å². The molecule has 1 aliphatic rings. The summed E-state index contributed by atoms with van der Waals surface area (Å²) in [6, 6.07) is 0. The van der Waals surface area contributed by atoms with Crippen LogP contribution in [-0.4, -0.2) is 29.4 Å². The Bertz CT molecular complexity index is 372. The van der Waals surface area contributed by atoms with Gasteiger partial charge in [-0.25, -0.2) is 0 Å². The number of carbonyl (C=O) groups excluding carboxylic acids is 1. The molecular weight excluding hydrogens is 238 g/mol. The minimum absolute atomic E-state index is 0.0900. The molecule has 1 aliphatic carbocycles. The SMILES string of the molecule is CCCCN(CCCC)C1=CC=C(C=O)C(O)=CC1. The van der Waals surface area contributed by atoms with Crippen molar-refractivity contribution >= 4 is 6.29 Å². The van der Waals surface area contributed by atoms with Crippen LogP contribution >= 0.6 is 0 Å². The predicted molar refractivity (Wildman–Crippen MR) is 78.9 cm³/mol. The second-order valence-electron chi connectivity index (χ2n) is 4.89. The van der Waals surface area contributed by atoms with Gasteiger partial charge in [0.1, 0.15) is 5.76 Å². The Morgan fingerprint density at radius 2 is 1.84 bits per heavy atom. The monoisotopic (exact) mass is 263 g/mol. The summed E-state index contributed by atoms with van der Waals surface area (Å²) in [5.41, 5.74) is 1.55. The Hall–Kier alpha value is -1.51. The molecule has 3 heteroatoms. The third-order valence-corrected chi connectivity index (χ3v) is 3.35. The summed E-state index contributed by atoms with van der Waals surface area (Å²) in [4.78, 5) is 13.2. The van der Waals surface area contributed by atoms with E-state index in [1.165, 1.54) is 31.4 Å². The van der Waals surface area contributed by atoms with Crippen LogP contribution in [0, 0.1) is 0 Å². The Kier molecular flexibility index (Phi) is 7.01. The maximum atomic E-state index is 10.8. The molecule has 0 aromatic carbocycles. The summed E-state index contributed by atoms with van der Waals surface area (Å²) < 4.78 is 0. The number of carbonyl (C=O) groups is 1. The summed E-state index contributed by atoms with van der Waals surface area (Å²) in [6.07, 6.45) is 11.5. The molecule has 0 saturated carbocycles. The van der Waals surface area contributed by atoms with Gasteiger partial charge in [0.05, 0.1) is 5.57 Å². The van der Waals surface area contributed by atoms with Crippen molar-refractivity contribution in [1.82, 2.24) is 4.90 Å². The van der Waals surface area contributed by atoms with Crippen LogP contribution in [0.25, 0.3) is 0 Å². The third kappa shape index (κ3) is 4.93. The van der Waals surface area contributed by atoms with Gasteiger partial charge in [-0.3, -0.25) is 4.79 Å². The number of unbranched alkanes of at least 4 members (excludes halogenated alkanes) is 2. The van der Waals surface area contributed by atoms with E-state index in [1.807, 2.05) is 6.08 Å². The molecule has 106 valence electrons. The lowest BCUT2D eigenvalue weighted by Crippen LogP contribution is -2.25. The normalized spacial score (nSPS) is 15.2. The summed E-state index contributed by atoms with van der Waals surface area (Å²) in [7, 11) is 0. The molecule has 0 aromatic heterocycles.